The molecule has 2 aromatic rings. The number of fused-ring (bicyclic) bond motifs is 1. The van der Waals surface area contributed by atoms with Gasteiger partial charge in [0.05, 0.1) is 0 Å². The number of nitrogens with two attached hydrogens (primary N) is 1. The number of rotatable bonds is 4. The van der Waals surface area contributed by atoms with Crippen LogP contribution in [-0.2, 0) is 0 Å². The third-order valence-electron chi connectivity index (χ3n) is 2.50. The topological polar surface area (TPSA) is 46.6 Å². The third-order valence-corrected chi connectivity index (χ3v) is 2.50. The lowest BCUT2D eigenvalue weighted by Crippen LogP contribution is -2.22. The molecule has 2 aromatic heterocycles. The van der Waals surface area contributed by atoms with Gasteiger partial charge in [-0.15, -0.1) is 0 Å². The van der Waals surface area contributed by atoms with E-state index in [1.807, 2.05) is 24.5 Å². The number of hydrogen-bond donors (Lipinski definition) is 1. The van der Waals surface area contributed by atoms with Crippen LogP contribution in [0, 0.1) is 0 Å². The highest BCUT2D eigenvalue weighted by atomic mass is 15.2. The molecule has 2 N–H and O–H groups in total. The number of aromatic nitrogens is 2. The largest absolute Gasteiger partial charge is 0.361 e. The molecule has 0 aliphatic carbocycles. The van der Waals surface area contributed by atoms with E-state index in [1.165, 1.54) is 0 Å². The van der Waals surface area contributed by atoms with Gasteiger partial charge < -0.3 is 10.6 Å². The lowest BCUT2D eigenvalue weighted by molar-refractivity contribution is 0.782. The first-order chi connectivity index (χ1) is 7.33. The third kappa shape index (κ3) is 1.94. The Balaban J connectivity index is 2.29. The molecule has 0 fully saturated rings. The summed E-state index contributed by atoms with van der Waals surface area (Å²) in [5.41, 5.74) is 6.48. The fourth-order valence-electron chi connectivity index (χ4n) is 1.69. The monoisotopic (exact) mass is 204 g/mol. The molecule has 0 saturated heterocycles. The van der Waals surface area contributed by atoms with Gasteiger partial charge in [-0.1, -0.05) is 6.07 Å². The zero-order chi connectivity index (χ0) is 10.7. The summed E-state index contributed by atoms with van der Waals surface area (Å²) in [6.07, 6.45) is 4.79. The van der Waals surface area contributed by atoms with Crippen LogP contribution in [0.2, 0.25) is 0 Å². The first-order valence-electron chi connectivity index (χ1n) is 5.16. The highest BCUT2D eigenvalue weighted by Gasteiger charge is 2.04. The van der Waals surface area contributed by atoms with Gasteiger partial charge in [0.25, 0.3) is 0 Å². The lowest BCUT2D eigenvalue weighted by atomic mass is 10.3. The van der Waals surface area contributed by atoms with Gasteiger partial charge in [0.1, 0.15) is 11.5 Å². The molecule has 2 heterocycles. The fraction of sp³-hybridized carbons (Fsp3) is 0.364. The molecule has 0 aromatic carbocycles. The summed E-state index contributed by atoms with van der Waals surface area (Å²) < 4.78 is 2.08. The smallest absolute Gasteiger partial charge is 0.138 e. The van der Waals surface area contributed by atoms with Crippen molar-refractivity contribution in [3.63, 3.8) is 0 Å². The van der Waals surface area contributed by atoms with Crippen molar-refractivity contribution in [3.8, 4) is 0 Å². The molecule has 80 valence electrons. The number of hydrogen-bond acceptors (Lipinski definition) is 3. The predicted molar refractivity (Wildman–Crippen MR) is 62.1 cm³/mol. The van der Waals surface area contributed by atoms with Crippen LogP contribution in [0.25, 0.3) is 5.65 Å². The van der Waals surface area contributed by atoms with Gasteiger partial charge in [-0.2, -0.15) is 0 Å². The normalized spacial score (nSPS) is 10.8. The summed E-state index contributed by atoms with van der Waals surface area (Å²) in [7, 11) is 2.07. The van der Waals surface area contributed by atoms with E-state index in [4.69, 9.17) is 5.73 Å². The van der Waals surface area contributed by atoms with Crippen LogP contribution >= 0.6 is 0 Å². The van der Waals surface area contributed by atoms with E-state index in [1.54, 1.807) is 0 Å². The summed E-state index contributed by atoms with van der Waals surface area (Å²) in [6.45, 7) is 1.69. The Morgan fingerprint density at radius 1 is 1.47 bits per heavy atom. The summed E-state index contributed by atoms with van der Waals surface area (Å²) in [4.78, 5) is 6.45. The molecule has 4 nitrogen and oxygen atoms in total. The van der Waals surface area contributed by atoms with Crippen LogP contribution < -0.4 is 10.6 Å². The van der Waals surface area contributed by atoms with Crippen molar-refractivity contribution in [2.45, 2.75) is 6.42 Å². The summed E-state index contributed by atoms with van der Waals surface area (Å²) >= 11 is 0. The van der Waals surface area contributed by atoms with Gasteiger partial charge in [0, 0.05) is 26.0 Å². The average molecular weight is 204 g/mol. The maximum atomic E-state index is 5.50. The molecule has 0 radical (unpaired) electrons. The molecule has 0 aliphatic heterocycles. The number of nitrogens with zero attached hydrogens (tertiary/aromatic N) is 3. The lowest BCUT2D eigenvalue weighted by Gasteiger charge is -2.19. The van der Waals surface area contributed by atoms with Crippen molar-refractivity contribution in [1.82, 2.24) is 9.38 Å². The van der Waals surface area contributed by atoms with E-state index in [2.05, 4.69) is 27.4 Å². The minimum Gasteiger partial charge on any atom is -0.361 e. The van der Waals surface area contributed by atoms with E-state index >= 15 is 0 Å². The van der Waals surface area contributed by atoms with Crippen molar-refractivity contribution < 1.29 is 0 Å². The second kappa shape index (κ2) is 4.31. The molecule has 0 saturated carbocycles. The Kier molecular flexibility index (Phi) is 2.87. The number of anilines is 1. The molecular weight excluding hydrogens is 188 g/mol. The fourth-order valence-corrected chi connectivity index (χ4v) is 1.69. The van der Waals surface area contributed by atoms with Crippen molar-refractivity contribution in [2.24, 2.45) is 5.73 Å². The quantitative estimate of drug-likeness (QED) is 0.811. The molecule has 0 unspecified atom stereocenters. The van der Waals surface area contributed by atoms with E-state index < -0.39 is 0 Å². The molecule has 2 rings (SSSR count). The van der Waals surface area contributed by atoms with E-state index in [-0.39, 0.29) is 0 Å². The minimum atomic E-state index is 0.726. The molecular formula is C11H16N4. The van der Waals surface area contributed by atoms with Gasteiger partial charge in [-0.3, -0.25) is 4.40 Å². The first kappa shape index (κ1) is 9.98. The Morgan fingerprint density at radius 2 is 2.33 bits per heavy atom. The Bertz CT molecular complexity index is 435. The predicted octanol–water partition coefficient (Wildman–Crippen LogP) is 1.12. The zero-order valence-corrected chi connectivity index (χ0v) is 8.93. The minimum absolute atomic E-state index is 0.726. The second-order valence-electron chi connectivity index (χ2n) is 3.60. The van der Waals surface area contributed by atoms with Crippen molar-refractivity contribution in [1.29, 1.82) is 0 Å². The van der Waals surface area contributed by atoms with Gasteiger partial charge in [0.15, 0.2) is 0 Å². The SMILES string of the molecule is CN(CCCN)c1cccc2nccn12. The van der Waals surface area contributed by atoms with Gasteiger partial charge in [-0.05, 0) is 25.1 Å². The molecule has 0 spiro atoms. The second-order valence-corrected chi connectivity index (χ2v) is 3.60. The molecule has 0 bridgehead atoms. The first-order valence-corrected chi connectivity index (χ1v) is 5.16. The number of imidazole rings is 1. The number of pyridine rings is 1. The van der Waals surface area contributed by atoms with Crippen LogP contribution in [0.3, 0.4) is 0 Å². The van der Waals surface area contributed by atoms with E-state index in [9.17, 15) is 0 Å². The molecule has 15 heavy (non-hydrogen) atoms. The van der Waals surface area contributed by atoms with Gasteiger partial charge in [0.2, 0.25) is 0 Å². The maximum absolute atomic E-state index is 5.50. The Hall–Kier alpha value is -1.55. The van der Waals surface area contributed by atoms with Crippen molar-refractivity contribution in [2.75, 3.05) is 25.0 Å². The average Bonchev–Trinajstić information content (AvgIpc) is 2.73. The van der Waals surface area contributed by atoms with Crippen LogP contribution in [0.5, 0.6) is 0 Å². The van der Waals surface area contributed by atoms with Crippen LogP contribution in [0.4, 0.5) is 5.82 Å². The standard InChI is InChI=1S/C11H16N4/c1-14(8-3-6-12)11-5-2-4-10-13-7-9-15(10)11/h2,4-5,7,9H,3,6,8,12H2,1H3. The molecule has 4 heteroatoms. The van der Waals surface area contributed by atoms with Crippen LogP contribution in [0.15, 0.2) is 30.6 Å². The van der Waals surface area contributed by atoms with E-state index in [0.717, 1.165) is 31.0 Å². The molecule has 0 atom stereocenters. The Labute approximate surface area is 89.3 Å². The van der Waals surface area contributed by atoms with Crippen molar-refractivity contribution >= 4 is 11.5 Å². The summed E-state index contributed by atoms with van der Waals surface area (Å²) in [5, 5.41) is 0. The van der Waals surface area contributed by atoms with Gasteiger partial charge >= 0.3 is 0 Å². The van der Waals surface area contributed by atoms with Gasteiger partial charge in [-0.25, -0.2) is 4.98 Å². The Morgan fingerprint density at radius 3 is 3.13 bits per heavy atom. The zero-order valence-electron chi connectivity index (χ0n) is 8.93. The van der Waals surface area contributed by atoms with Crippen LogP contribution in [0.1, 0.15) is 6.42 Å². The van der Waals surface area contributed by atoms with Crippen LogP contribution in [-0.4, -0.2) is 29.5 Å². The van der Waals surface area contributed by atoms with Crippen molar-refractivity contribution in [3.05, 3.63) is 30.6 Å². The summed E-state index contributed by atoms with van der Waals surface area (Å²) in [6, 6.07) is 6.11. The molecule has 0 amide bonds. The highest BCUT2D eigenvalue weighted by molar-refractivity contribution is 5.50. The molecule has 0 aliphatic rings. The van der Waals surface area contributed by atoms with E-state index in [0.29, 0.717) is 0 Å². The highest BCUT2D eigenvalue weighted by Crippen LogP contribution is 2.14. The maximum Gasteiger partial charge on any atom is 0.138 e. The summed E-state index contributed by atoms with van der Waals surface area (Å²) in [5.74, 6) is 1.15.